The second-order valence-corrected chi connectivity index (χ2v) is 8.69. The van der Waals surface area contributed by atoms with Crippen LogP contribution in [0.5, 0.6) is 0 Å². The van der Waals surface area contributed by atoms with Crippen LogP contribution in [0.3, 0.4) is 0 Å². The third-order valence-electron chi connectivity index (χ3n) is 4.40. The molecular formula is C22H23ClN4O3S. The van der Waals surface area contributed by atoms with Gasteiger partial charge in [-0.1, -0.05) is 55.4 Å². The number of nitrogens with one attached hydrogen (secondary N) is 2. The summed E-state index contributed by atoms with van der Waals surface area (Å²) in [6, 6.07) is 13.3. The second kappa shape index (κ2) is 10.5. The number of carbonyl (C=O) groups excluding carboxylic acids is 2. The number of hydrogen-bond acceptors (Lipinski definition) is 5. The van der Waals surface area contributed by atoms with E-state index in [0.29, 0.717) is 39.2 Å². The van der Waals surface area contributed by atoms with E-state index in [2.05, 4.69) is 29.5 Å². The third-order valence-corrected chi connectivity index (χ3v) is 5.58. The summed E-state index contributed by atoms with van der Waals surface area (Å²) in [6.45, 7) is 4.60. The lowest BCUT2D eigenvalue weighted by Crippen LogP contribution is -2.41. The van der Waals surface area contributed by atoms with Gasteiger partial charge >= 0.3 is 6.03 Å². The molecule has 1 heterocycles. The normalized spacial score (nSPS) is 11.0. The Morgan fingerprint density at radius 1 is 1.16 bits per heavy atom. The number of thioether (sulfide) groups is 1. The van der Waals surface area contributed by atoms with Crippen molar-refractivity contribution in [3.05, 3.63) is 63.9 Å². The standard InChI is InChI=1S/C22H23ClN4O3S/c1-14(2)10-11-24-21(30)26-19(28)13-31-22-25-18-9-4-3-8-17(18)20(29)27(22)16-7-5-6-15(23)12-16/h3-9,12,14H,10-11,13H2,1-2H3,(H2,24,26,28,30). The quantitative estimate of drug-likeness (QED) is 0.412. The monoisotopic (exact) mass is 458 g/mol. The minimum Gasteiger partial charge on any atom is -0.338 e. The molecule has 2 N–H and O–H groups in total. The summed E-state index contributed by atoms with van der Waals surface area (Å²) in [5, 5.41) is 6.22. The van der Waals surface area contributed by atoms with Crippen LogP contribution in [-0.4, -0.2) is 33.8 Å². The lowest BCUT2D eigenvalue weighted by Gasteiger charge is -2.13. The molecule has 0 saturated carbocycles. The molecule has 9 heteroatoms. The molecule has 7 nitrogen and oxygen atoms in total. The topological polar surface area (TPSA) is 93.1 Å². The number of aromatic nitrogens is 2. The molecular weight excluding hydrogens is 436 g/mol. The Morgan fingerprint density at radius 3 is 2.68 bits per heavy atom. The van der Waals surface area contributed by atoms with Gasteiger partial charge in [0, 0.05) is 11.6 Å². The molecule has 0 radical (unpaired) electrons. The maximum Gasteiger partial charge on any atom is 0.321 e. The smallest absolute Gasteiger partial charge is 0.321 e. The number of imide groups is 1. The molecule has 162 valence electrons. The van der Waals surface area contributed by atoms with Crippen LogP contribution in [0, 0.1) is 5.92 Å². The van der Waals surface area contributed by atoms with Crippen LogP contribution in [0.4, 0.5) is 4.79 Å². The van der Waals surface area contributed by atoms with Crippen molar-refractivity contribution in [2.24, 2.45) is 5.92 Å². The van der Waals surface area contributed by atoms with Gasteiger partial charge in [0.05, 0.1) is 22.3 Å². The van der Waals surface area contributed by atoms with Gasteiger partial charge in [0.2, 0.25) is 5.91 Å². The Balaban J connectivity index is 1.81. The molecule has 31 heavy (non-hydrogen) atoms. The van der Waals surface area contributed by atoms with E-state index in [1.54, 1.807) is 48.5 Å². The van der Waals surface area contributed by atoms with Crippen LogP contribution in [0.15, 0.2) is 58.5 Å². The summed E-state index contributed by atoms with van der Waals surface area (Å²) in [5.74, 6) is -0.107. The Morgan fingerprint density at radius 2 is 1.94 bits per heavy atom. The van der Waals surface area contributed by atoms with Gasteiger partial charge < -0.3 is 5.32 Å². The number of carbonyl (C=O) groups is 2. The Labute approximate surface area is 189 Å². The number of urea groups is 1. The number of amides is 3. The summed E-state index contributed by atoms with van der Waals surface area (Å²) in [6.07, 6.45) is 0.823. The molecule has 3 aromatic rings. The molecule has 0 fully saturated rings. The molecule has 1 aromatic heterocycles. The average Bonchev–Trinajstić information content (AvgIpc) is 2.72. The SMILES string of the molecule is CC(C)CCNC(=O)NC(=O)CSc1nc2ccccc2c(=O)n1-c1cccc(Cl)c1. The Bertz CT molecular complexity index is 1160. The average molecular weight is 459 g/mol. The van der Waals surface area contributed by atoms with Crippen molar-refractivity contribution in [3.63, 3.8) is 0 Å². The highest BCUT2D eigenvalue weighted by atomic mass is 35.5. The highest BCUT2D eigenvalue weighted by Gasteiger charge is 2.16. The predicted molar refractivity (Wildman–Crippen MR) is 124 cm³/mol. The number of hydrogen-bond donors (Lipinski definition) is 2. The predicted octanol–water partition coefficient (Wildman–Crippen LogP) is 4.00. The van der Waals surface area contributed by atoms with Gasteiger partial charge in [-0.3, -0.25) is 19.5 Å². The van der Waals surface area contributed by atoms with E-state index in [-0.39, 0.29) is 11.3 Å². The third kappa shape index (κ3) is 6.08. The van der Waals surface area contributed by atoms with Gasteiger partial charge in [0.1, 0.15) is 0 Å². The second-order valence-electron chi connectivity index (χ2n) is 7.31. The number of fused-ring (bicyclic) bond motifs is 1. The first kappa shape index (κ1) is 22.8. The fraction of sp³-hybridized carbons (Fsp3) is 0.273. The van der Waals surface area contributed by atoms with E-state index < -0.39 is 11.9 Å². The zero-order valence-electron chi connectivity index (χ0n) is 17.2. The zero-order chi connectivity index (χ0) is 22.4. The molecule has 0 aliphatic rings. The lowest BCUT2D eigenvalue weighted by molar-refractivity contribution is -0.117. The maximum absolute atomic E-state index is 13.2. The molecule has 3 amide bonds. The van der Waals surface area contributed by atoms with E-state index >= 15 is 0 Å². The molecule has 0 aliphatic heterocycles. The van der Waals surface area contributed by atoms with Crippen LogP contribution < -0.4 is 16.2 Å². The van der Waals surface area contributed by atoms with Crippen molar-refractivity contribution in [3.8, 4) is 5.69 Å². The highest BCUT2D eigenvalue weighted by Crippen LogP contribution is 2.22. The summed E-state index contributed by atoms with van der Waals surface area (Å²) in [4.78, 5) is 41.8. The van der Waals surface area contributed by atoms with E-state index in [1.807, 2.05) is 0 Å². The van der Waals surface area contributed by atoms with Crippen molar-refractivity contribution in [1.82, 2.24) is 20.2 Å². The van der Waals surface area contributed by atoms with Crippen molar-refractivity contribution in [2.45, 2.75) is 25.4 Å². The van der Waals surface area contributed by atoms with E-state index in [4.69, 9.17) is 11.6 Å². The summed E-state index contributed by atoms with van der Waals surface area (Å²) >= 11 is 7.18. The fourth-order valence-electron chi connectivity index (χ4n) is 2.86. The first-order chi connectivity index (χ1) is 14.8. The van der Waals surface area contributed by atoms with Gasteiger partial charge in [-0.2, -0.15) is 0 Å². The first-order valence-corrected chi connectivity index (χ1v) is 11.2. The first-order valence-electron chi connectivity index (χ1n) is 9.83. The maximum atomic E-state index is 13.2. The number of para-hydroxylation sites is 1. The van der Waals surface area contributed by atoms with Crippen LogP contribution in [-0.2, 0) is 4.79 Å². The molecule has 0 aliphatic carbocycles. The lowest BCUT2D eigenvalue weighted by atomic mass is 10.1. The molecule has 0 unspecified atom stereocenters. The molecule has 2 aromatic carbocycles. The van der Waals surface area contributed by atoms with Crippen molar-refractivity contribution in [1.29, 1.82) is 0 Å². The fourth-order valence-corrected chi connectivity index (χ4v) is 3.86. The number of rotatable bonds is 7. The Kier molecular flexibility index (Phi) is 7.70. The number of halogens is 1. The molecule has 0 saturated heterocycles. The summed E-state index contributed by atoms with van der Waals surface area (Å²) in [5.41, 5.74) is 0.812. The minimum atomic E-state index is -0.537. The van der Waals surface area contributed by atoms with Crippen LogP contribution in [0.25, 0.3) is 16.6 Å². The Hall–Kier alpha value is -2.84. The zero-order valence-corrected chi connectivity index (χ0v) is 18.8. The van der Waals surface area contributed by atoms with E-state index in [9.17, 15) is 14.4 Å². The van der Waals surface area contributed by atoms with Crippen molar-refractivity contribution >= 4 is 46.2 Å². The number of benzene rings is 2. The minimum absolute atomic E-state index is 0.0804. The highest BCUT2D eigenvalue weighted by molar-refractivity contribution is 7.99. The van der Waals surface area contributed by atoms with Gasteiger partial charge in [-0.15, -0.1) is 0 Å². The molecule has 0 atom stereocenters. The molecule has 0 bridgehead atoms. The summed E-state index contributed by atoms with van der Waals surface area (Å²) < 4.78 is 1.43. The van der Waals surface area contributed by atoms with Crippen LogP contribution >= 0.6 is 23.4 Å². The largest absolute Gasteiger partial charge is 0.338 e. The van der Waals surface area contributed by atoms with Gasteiger partial charge in [0.15, 0.2) is 5.16 Å². The number of nitrogens with zero attached hydrogens (tertiary/aromatic N) is 2. The summed E-state index contributed by atoms with van der Waals surface area (Å²) in [7, 11) is 0. The van der Waals surface area contributed by atoms with Gasteiger partial charge in [-0.25, -0.2) is 9.78 Å². The molecule has 0 spiro atoms. The van der Waals surface area contributed by atoms with Gasteiger partial charge in [0.25, 0.3) is 5.56 Å². The van der Waals surface area contributed by atoms with Crippen LogP contribution in [0.2, 0.25) is 5.02 Å². The van der Waals surface area contributed by atoms with Gasteiger partial charge in [-0.05, 0) is 42.7 Å². The molecule has 3 rings (SSSR count). The van der Waals surface area contributed by atoms with Crippen LogP contribution in [0.1, 0.15) is 20.3 Å². The van der Waals surface area contributed by atoms with Crippen molar-refractivity contribution in [2.75, 3.05) is 12.3 Å². The van der Waals surface area contributed by atoms with E-state index in [0.717, 1.165) is 18.2 Å². The van der Waals surface area contributed by atoms with Crippen molar-refractivity contribution < 1.29 is 9.59 Å². The van der Waals surface area contributed by atoms with E-state index in [1.165, 1.54) is 4.57 Å².